The molecular formula is C14H30O9P2S2. The molecule has 0 spiro atoms. The lowest BCUT2D eigenvalue weighted by atomic mass is 10.2. The molecule has 0 aromatic heterocycles. The average molecular weight is 468 g/mol. The molecule has 27 heavy (non-hydrogen) atoms. The number of rotatable bonds is 15. The quantitative estimate of drug-likeness (QED) is 0.264. The van der Waals surface area contributed by atoms with Gasteiger partial charge in [-0.15, -0.1) is 0 Å². The maximum absolute atomic E-state index is 9.90. The molecule has 13 heteroatoms. The summed E-state index contributed by atoms with van der Waals surface area (Å²) in [5.74, 6) is -1.74. The first-order valence-corrected chi connectivity index (χ1v) is 13.6. The van der Waals surface area contributed by atoms with Crippen LogP contribution in [-0.2, 0) is 55.6 Å². The summed E-state index contributed by atoms with van der Waals surface area (Å²) in [4.78, 5) is 19.8. The standard InChI is InChI=1S/C8H20O5P2S2.C6H10O4/c1-5-9-14(16,10-6-2)13-15(17,11-7-3)12-8-4;7-5(8)3-1-2-4-6(9)10/h5-8H2,1-4H3;1-4H2,(H,7,8)(H,9,10). The Bertz CT molecular complexity index is 453. The highest BCUT2D eigenvalue weighted by atomic mass is 32.5. The van der Waals surface area contributed by atoms with Gasteiger partial charge in [-0.05, 0) is 64.2 Å². The van der Waals surface area contributed by atoms with Gasteiger partial charge >= 0.3 is 25.4 Å². The van der Waals surface area contributed by atoms with E-state index in [1.165, 1.54) is 0 Å². The third-order valence-electron chi connectivity index (χ3n) is 2.38. The van der Waals surface area contributed by atoms with Crippen molar-refractivity contribution < 1.29 is 42.2 Å². The molecule has 0 unspecified atom stereocenters. The van der Waals surface area contributed by atoms with Crippen LogP contribution in [0, 0.1) is 0 Å². The number of carbonyl (C=O) groups is 2. The Kier molecular flexibility index (Phi) is 18.4. The van der Waals surface area contributed by atoms with Crippen molar-refractivity contribution in [2.45, 2.75) is 53.4 Å². The Balaban J connectivity index is 0. The zero-order valence-corrected chi connectivity index (χ0v) is 19.5. The van der Waals surface area contributed by atoms with E-state index in [0.29, 0.717) is 39.3 Å². The van der Waals surface area contributed by atoms with Crippen molar-refractivity contribution in [1.29, 1.82) is 0 Å². The third kappa shape index (κ3) is 17.8. The van der Waals surface area contributed by atoms with E-state index in [4.69, 9.17) is 56.2 Å². The van der Waals surface area contributed by atoms with Crippen LogP contribution < -0.4 is 0 Å². The highest BCUT2D eigenvalue weighted by molar-refractivity contribution is 8.14. The van der Waals surface area contributed by atoms with Crippen molar-refractivity contribution in [1.82, 2.24) is 0 Å². The van der Waals surface area contributed by atoms with Crippen LogP contribution in [0.4, 0.5) is 0 Å². The summed E-state index contributed by atoms with van der Waals surface area (Å²) >= 11 is 10.4. The fraction of sp³-hybridized carbons (Fsp3) is 0.857. The highest BCUT2D eigenvalue weighted by Crippen LogP contribution is 2.66. The Morgan fingerprint density at radius 1 is 0.704 bits per heavy atom. The van der Waals surface area contributed by atoms with Gasteiger partial charge < -0.3 is 28.3 Å². The van der Waals surface area contributed by atoms with E-state index in [1.54, 1.807) is 0 Å². The summed E-state index contributed by atoms with van der Waals surface area (Å²) in [6, 6.07) is 0. The SMILES string of the molecule is CCOP(=S)(OCC)OP(=S)(OCC)OCC.O=C(O)CCCCC(=O)O. The second kappa shape index (κ2) is 16.9. The van der Waals surface area contributed by atoms with Gasteiger partial charge in [-0.1, -0.05) is 0 Å². The summed E-state index contributed by atoms with van der Waals surface area (Å²) in [5, 5.41) is 16.3. The molecule has 0 fully saturated rings. The van der Waals surface area contributed by atoms with Gasteiger partial charge in [0, 0.05) is 12.8 Å². The molecule has 0 heterocycles. The van der Waals surface area contributed by atoms with Gasteiger partial charge in [-0.25, -0.2) is 4.31 Å². The van der Waals surface area contributed by atoms with E-state index in [1.807, 2.05) is 27.7 Å². The normalized spacial score (nSPS) is 11.6. The molecule has 9 nitrogen and oxygen atoms in total. The topological polar surface area (TPSA) is 121 Å². The van der Waals surface area contributed by atoms with Crippen LogP contribution in [0.25, 0.3) is 0 Å². The number of carboxylic acids is 2. The molecule has 0 aromatic carbocycles. The minimum absolute atomic E-state index is 0.0628. The van der Waals surface area contributed by atoms with Gasteiger partial charge in [0.1, 0.15) is 0 Å². The molecule has 0 radical (unpaired) electrons. The van der Waals surface area contributed by atoms with Crippen LogP contribution in [-0.4, -0.2) is 48.6 Å². The van der Waals surface area contributed by atoms with Crippen molar-refractivity contribution in [3.05, 3.63) is 0 Å². The minimum Gasteiger partial charge on any atom is -0.481 e. The Morgan fingerprint density at radius 3 is 1.15 bits per heavy atom. The molecule has 162 valence electrons. The van der Waals surface area contributed by atoms with E-state index in [2.05, 4.69) is 0 Å². The molecule has 2 N–H and O–H groups in total. The third-order valence-corrected chi connectivity index (χ3v) is 8.74. The molecule has 0 bridgehead atoms. The molecule has 0 atom stereocenters. The van der Waals surface area contributed by atoms with Crippen LogP contribution in [0.5, 0.6) is 0 Å². The van der Waals surface area contributed by atoms with E-state index in [-0.39, 0.29) is 12.8 Å². The predicted molar refractivity (Wildman–Crippen MR) is 110 cm³/mol. The summed E-state index contributed by atoms with van der Waals surface area (Å²) in [6.07, 6.45) is 1.02. The van der Waals surface area contributed by atoms with Gasteiger partial charge in [-0.3, -0.25) is 9.59 Å². The molecule has 0 aliphatic rings. The monoisotopic (exact) mass is 468 g/mol. The molecule has 0 aliphatic carbocycles. The first-order chi connectivity index (χ1) is 12.6. The van der Waals surface area contributed by atoms with Crippen LogP contribution >= 0.6 is 13.4 Å². The van der Waals surface area contributed by atoms with Crippen LogP contribution in [0.1, 0.15) is 53.4 Å². The summed E-state index contributed by atoms with van der Waals surface area (Å²) in [7, 11) is 0. The summed E-state index contributed by atoms with van der Waals surface area (Å²) in [6.45, 7) is 3.09. The molecule has 0 aliphatic heterocycles. The molecular weight excluding hydrogens is 438 g/mol. The number of carboxylic acid groups (broad SMARTS) is 2. The first kappa shape index (κ1) is 29.2. The molecule has 0 saturated carbocycles. The second-order valence-electron chi connectivity index (χ2n) is 4.64. The van der Waals surface area contributed by atoms with Gasteiger partial charge in [0.15, 0.2) is 0 Å². The van der Waals surface area contributed by atoms with E-state index in [9.17, 15) is 9.59 Å². The fourth-order valence-electron chi connectivity index (χ4n) is 1.48. The second-order valence-corrected chi connectivity index (χ2v) is 10.8. The number of unbranched alkanes of at least 4 members (excludes halogenated alkanes) is 1. The lowest BCUT2D eigenvalue weighted by molar-refractivity contribution is -0.139. The van der Waals surface area contributed by atoms with Gasteiger partial charge in [-0.2, -0.15) is 0 Å². The molecule has 0 saturated heterocycles. The van der Waals surface area contributed by atoms with Crippen LogP contribution in [0.2, 0.25) is 0 Å². The molecule has 0 rings (SSSR count). The van der Waals surface area contributed by atoms with Crippen LogP contribution in [0.15, 0.2) is 0 Å². The van der Waals surface area contributed by atoms with Crippen molar-refractivity contribution in [3.63, 3.8) is 0 Å². The van der Waals surface area contributed by atoms with Crippen molar-refractivity contribution in [2.75, 3.05) is 26.4 Å². The Labute approximate surface area is 171 Å². The van der Waals surface area contributed by atoms with Crippen molar-refractivity contribution in [2.24, 2.45) is 0 Å². The summed E-state index contributed by atoms with van der Waals surface area (Å²) in [5.41, 5.74) is 0. The van der Waals surface area contributed by atoms with Crippen molar-refractivity contribution >= 4 is 49.0 Å². The highest BCUT2D eigenvalue weighted by Gasteiger charge is 2.31. The average Bonchev–Trinajstić information content (AvgIpc) is 2.52. The Morgan fingerprint density at radius 2 is 0.963 bits per heavy atom. The maximum Gasteiger partial charge on any atom is 0.334 e. The number of hydrogen-bond donors (Lipinski definition) is 2. The van der Waals surface area contributed by atoms with Gasteiger partial charge in [0.2, 0.25) is 0 Å². The van der Waals surface area contributed by atoms with Gasteiger partial charge in [0.25, 0.3) is 0 Å². The molecule has 0 amide bonds. The fourth-order valence-corrected chi connectivity index (χ4v) is 7.85. The molecule has 0 aromatic rings. The lowest BCUT2D eigenvalue weighted by Crippen LogP contribution is -2.03. The summed E-state index contributed by atoms with van der Waals surface area (Å²) < 4.78 is 26.9. The lowest BCUT2D eigenvalue weighted by Gasteiger charge is -2.27. The van der Waals surface area contributed by atoms with E-state index < -0.39 is 25.4 Å². The number of aliphatic carboxylic acids is 2. The van der Waals surface area contributed by atoms with Gasteiger partial charge in [0.05, 0.1) is 26.4 Å². The maximum atomic E-state index is 9.90. The minimum atomic E-state index is -2.87. The zero-order chi connectivity index (χ0) is 21.3. The first-order valence-electron chi connectivity index (χ1n) is 8.51. The zero-order valence-electron chi connectivity index (χ0n) is 16.1. The number of hydrogen-bond acceptors (Lipinski definition) is 9. The van der Waals surface area contributed by atoms with E-state index in [0.717, 1.165) is 0 Å². The smallest absolute Gasteiger partial charge is 0.334 e. The Hall–Kier alpha value is 0.0400. The largest absolute Gasteiger partial charge is 0.481 e. The van der Waals surface area contributed by atoms with Crippen molar-refractivity contribution in [3.8, 4) is 0 Å². The predicted octanol–water partition coefficient (Wildman–Crippen LogP) is 4.31. The van der Waals surface area contributed by atoms with Crippen LogP contribution in [0.3, 0.4) is 0 Å². The van der Waals surface area contributed by atoms with E-state index >= 15 is 0 Å².